The van der Waals surface area contributed by atoms with E-state index in [0.717, 1.165) is 22.3 Å². The maximum atomic E-state index is 12.4. The second-order valence-corrected chi connectivity index (χ2v) is 7.33. The Labute approximate surface area is 180 Å². The lowest BCUT2D eigenvalue weighted by Gasteiger charge is -2.16. The van der Waals surface area contributed by atoms with Gasteiger partial charge >= 0.3 is 6.09 Å². The summed E-state index contributed by atoms with van der Waals surface area (Å²) in [6, 6.07) is 19.3. The normalized spacial score (nSPS) is 12.1. The summed E-state index contributed by atoms with van der Waals surface area (Å²) in [5, 5.41) is 11.6. The molecule has 0 saturated carbocycles. The first-order chi connectivity index (χ1) is 15.1. The first kappa shape index (κ1) is 20.6. The number of anilines is 1. The number of aromatic nitrogens is 1. The zero-order valence-corrected chi connectivity index (χ0v) is 17.1. The van der Waals surface area contributed by atoms with E-state index in [9.17, 15) is 9.59 Å². The highest BCUT2D eigenvalue weighted by molar-refractivity contribution is 5.94. The monoisotopic (exact) mass is 417 g/mol. The number of rotatable bonds is 6. The van der Waals surface area contributed by atoms with Crippen LogP contribution in [0, 0.1) is 0 Å². The zero-order valence-electron chi connectivity index (χ0n) is 17.1. The predicted octanol–water partition coefficient (Wildman–Crippen LogP) is 3.51. The molecule has 2 amide bonds. The molecule has 0 aliphatic heterocycles. The molecule has 0 saturated heterocycles. The highest BCUT2D eigenvalue weighted by atomic mass is 16.5. The summed E-state index contributed by atoms with van der Waals surface area (Å²) < 4.78 is 5.53. The van der Waals surface area contributed by atoms with Crippen LogP contribution in [0.3, 0.4) is 0 Å². The molecule has 7 nitrogen and oxygen atoms in total. The number of hydrogen-bond donors (Lipinski definition) is 2. The van der Waals surface area contributed by atoms with Crippen LogP contribution < -0.4 is 5.32 Å². The second kappa shape index (κ2) is 8.97. The van der Waals surface area contributed by atoms with Gasteiger partial charge in [0.1, 0.15) is 12.3 Å². The molecule has 158 valence electrons. The number of nitrogens with one attached hydrogen (secondary N) is 1. The summed E-state index contributed by atoms with van der Waals surface area (Å²) in [6.07, 6.45) is 0.842. The third-order valence-electron chi connectivity index (χ3n) is 5.35. The number of carbonyl (C=O) groups is 2. The molecule has 31 heavy (non-hydrogen) atoms. The van der Waals surface area contributed by atoms with Crippen molar-refractivity contribution in [3.63, 3.8) is 0 Å². The minimum atomic E-state index is -0.602. The highest BCUT2D eigenvalue weighted by Gasteiger charge is 2.29. The first-order valence-electron chi connectivity index (χ1n) is 10.0. The fraction of sp³-hybridized carbons (Fsp3) is 0.208. The standard InChI is InChI=1S/C24H23N3O4/c1-27(12-13-28)23(29)22-14-16(10-11-25-22)26-24(30)31-15-21-19-8-4-2-6-17(19)18-7-3-5-9-20(18)21/h2-11,14,21,28H,12-13,15H2,1H3,(H,25,26,30). The Bertz CT molecular complexity index is 1070. The van der Waals surface area contributed by atoms with E-state index in [4.69, 9.17) is 9.84 Å². The largest absolute Gasteiger partial charge is 0.448 e. The number of likely N-dealkylation sites (N-methyl/N-ethyl adjacent to an activating group) is 1. The molecular formula is C24H23N3O4. The summed E-state index contributed by atoms with van der Waals surface area (Å²) in [5.41, 5.74) is 5.19. The molecule has 2 N–H and O–H groups in total. The number of nitrogens with zero attached hydrogens (tertiary/aromatic N) is 2. The lowest BCUT2D eigenvalue weighted by atomic mass is 9.98. The minimum absolute atomic E-state index is 0.0279. The molecule has 1 aromatic heterocycles. The topological polar surface area (TPSA) is 91.8 Å². The number of amides is 2. The van der Waals surface area contributed by atoms with Crippen molar-refractivity contribution in [2.24, 2.45) is 0 Å². The number of pyridine rings is 1. The van der Waals surface area contributed by atoms with Crippen LogP contribution in [0.2, 0.25) is 0 Å². The average molecular weight is 417 g/mol. The Kier molecular flexibility index (Phi) is 5.95. The van der Waals surface area contributed by atoms with Crippen LogP contribution in [-0.4, -0.2) is 53.8 Å². The van der Waals surface area contributed by atoms with Crippen molar-refractivity contribution < 1.29 is 19.4 Å². The molecule has 0 unspecified atom stereocenters. The molecule has 0 bridgehead atoms. The molecule has 2 aromatic carbocycles. The maximum absolute atomic E-state index is 12.4. The zero-order chi connectivity index (χ0) is 21.8. The molecule has 0 atom stereocenters. The fourth-order valence-electron chi connectivity index (χ4n) is 3.82. The lowest BCUT2D eigenvalue weighted by Crippen LogP contribution is -2.30. The first-order valence-corrected chi connectivity index (χ1v) is 10.0. The van der Waals surface area contributed by atoms with E-state index in [1.54, 1.807) is 13.1 Å². The summed E-state index contributed by atoms with van der Waals surface area (Å²) >= 11 is 0. The quantitative estimate of drug-likeness (QED) is 0.640. The molecule has 7 heteroatoms. The number of hydrogen-bond acceptors (Lipinski definition) is 5. The van der Waals surface area contributed by atoms with Crippen molar-refractivity contribution in [2.75, 3.05) is 32.1 Å². The molecule has 0 fully saturated rings. The van der Waals surface area contributed by atoms with Crippen LogP contribution in [0.15, 0.2) is 66.9 Å². The molecular weight excluding hydrogens is 394 g/mol. The minimum Gasteiger partial charge on any atom is -0.448 e. The van der Waals surface area contributed by atoms with E-state index in [0.29, 0.717) is 5.69 Å². The molecule has 0 radical (unpaired) electrons. The fourth-order valence-corrected chi connectivity index (χ4v) is 3.82. The van der Waals surface area contributed by atoms with Crippen molar-refractivity contribution in [1.29, 1.82) is 0 Å². The Morgan fingerprint density at radius 2 is 1.71 bits per heavy atom. The van der Waals surface area contributed by atoms with Crippen LogP contribution in [0.5, 0.6) is 0 Å². The Morgan fingerprint density at radius 3 is 2.35 bits per heavy atom. The van der Waals surface area contributed by atoms with Gasteiger partial charge in [-0.15, -0.1) is 0 Å². The molecule has 1 aliphatic carbocycles. The molecule has 4 rings (SSSR count). The molecule has 1 aliphatic rings. The Hall–Kier alpha value is -3.71. The van der Waals surface area contributed by atoms with Gasteiger partial charge in [0.15, 0.2) is 0 Å². The van der Waals surface area contributed by atoms with E-state index in [1.807, 2.05) is 24.3 Å². The van der Waals surface area contributed by atoms with E-state index in [1.165, 1.54) is 17.2 Å². The third-order valence-corrected chi connectivity index (χ3v) is 5.35. The summed E-state index contributed by atoms with van der Waals surface area (Å²) in [5.74, 6) is -0.370. The van der Waals surface area contributed by atoms with Crippen molar-refractivity contribution >= 4 is 17.7 Å². The number of fused-ring (bicyclic) bond motifs is 3. The van der Waals surface area contributed by atoms with Crippen molar-refractivity contribution in [2.45, 2.75) is 5.92 Å². The van der Waals surface area contributed by atoms with Gasteiger partial charge in [-0.3, -0.25) is 15.1 Å². The molecule has 0 spiro atoms. The van der Waals surface area contributed by atoms with E-state index in [2.05, 4.69) is 34.6 Å². The Balaban J connectivity index is 1.43. The maximum Gasteiger partial charge on any atom is 0.411 e. The van der Waals surface area contributed by atoms with Crippen LogP contribution in [0.4, 0.5) is 10.5 Å². The number of carbonyl (C=O) groups excluding carboxylic acids is 2. The second-order valence-electron chi connectivity index (χ2n) is 7.33. The Morgan fingerprint density at radius 1 is 1.06 bits per heavy atom. The van der Waals surface area contributed by atoms with Gasteiger partial charge in [0.2, 0.25) is 0 Å². The highest BCUT2D eigenvalue weighted by Crippen LogP contribution is 2.44. The predicted molar refractivity (Wildman–Crippen MR) is 117 cm³/mol. The number of ether oxygens (including phenoxy) is 1. The van der Waals surface area contributed by atoms with Crippen LogP contribution in [0.1, 0.15) is 27.5 Å². The molecule has 1 heterocycles. The van der Waals surface area contributed by atoms with Gasteiger partial charge in [0.05, 0.1) is 6.61 Å². The van der Waals surface area contributed by atoms with Crippen LogP contribution in [0.25, 0.3) is 11.1 Å². The van der Waals surface area contributed by atoms with E-state index >= 15 is 0 Å². The number of benzene rings is 2. The number of aliphatic hydroxyl groups is 1. The van der Waals surface area contributed by atoms with Gasteiger partial charge in [-0.05, 0) is 34.4 Å². The SMILES string of the molecule is CN(CCO)C(=O)c1cc(NC(=O)OCC2c3ccccc3-c3ccccc32)ccn1. The van der Waals surface area contributed by atoms with Crippen molar-refractivity contribution in [1.82, 2.24) is 9.88 Å². The van der Waals surface area contributed by atoms with Crippen molar-refractivity contribution in [3.05, 3.63) is 83.7 Å². The molecule has 3 aromatic rings. The summed E-state index contributed by atoms with van der Waals surface area (Å²) in [7, 11) is 1.58. The third kappa shape index (κ3) is 4.27. The van der Waals surface area contributed by atoms with Gasteiger partial charge < -0.3 is 14.7 Å². The van der Waals surface area contributed by atoms with Gasteiger partial charge in [-0.2, -0.15) is 0 Å². The lowest BCUT2D eigenvalue weighted by molar-refractivity contribution is 0.0761. The van der Waals surface area contributed by atoms with Gasteiger partial charge in [0.25, 0.3) is 5.91 Å². The summed E-state index contributed by atoms with van der Waals surface area (Å²) in [4.78, 5) is 30.1. The van der Waals surface area contributed by atoms with Crippen LogP contribution >= 0.6 is 0 Å². The van der Waals surface area contributed by atoms with Crippen molar-refractivity contribution in [3.8, 4) is 11.1 Å². The smallest absolute Gasteiger partial charge is 0.411 e. The average Bonchev–Trinajstić information content (AvgIpc) is 3.11. The van der Waals surface area contributed by atoms with Gasteiger partial charge in [-0.25, -0.2) is 4.79 Å². The van der Waals surface area contributed by atoms with E-state index < -0.39 is 6.09 Å². The van der Waals surface area contributed by atoms with Gasteiger partial charge in [0, 0.05) is 31.4 Å². The summed E-state index contributed by atoms with van der Waals surface area (Å²) in [6.45, 7) is 0.264. The van der Waals surface area contributed by atoms with Gasteiger partial charge in [-0.1, -0.05) is 48.5 Å². The van der Waals surface area contributed by atoms with Crippen LogP contribution in [-0.2, 0) is 4.74 Å². The number of aliphatic hydroxyl groups excluding tert-OH is 1. The van der Waals surface area contributed by atoms with E-state index in [-0.39, 0.29) is 37.3 Å².